The summed E-state index contributed by atoms with van der Waals surface area (Å²) in [5.74, 6) is 1.34. The SMILES string of the molecule is O=C(Nc1ccccc1)OC1=CCC=C(OCCN2CCCCCC2)C=C1. The van der Waals surface area contributed by atoms with Crippen LogP contribution in [-0.4, -0.2) is 37.2 Å². The molecule has 0 spiro atoms. The number of carbonyl (C=O) groups excluding carboxylic acids is 1. The summed E-state index contributed by atoms with van der Waals surface area (Å²) in [6.07, 6.45) is 12.9. The van der Waals surface area contributed by atoms with E-state index in [1.807, 2.05) is 48.6 Å². The fraction of sp³-hybridized carbons (Fsp3) is 0.409. The van der Waals surface area contributed by atoms with E-state index in [4.69, 9.17) is 9.47 Å². The number of benzene rings is 1. The maximum Gasteiger partial charge on any atom is 0.417 e. The molecule has 0 saturated carbocycles. The van der Waals surface area contributed by atoms with Gasteiger partial charge in [0.1, 0.15) is 18.1 Å². The number of hydrogen-bond acceptors (Lipinski definition) is 4. The molecule has 1 heterocycles. The third-order valence-electron chi connectivity index (χ3n) is 4.66. The summed E-state index contributed by atoms with van der Waals surface area (Å²) in [6, 6.07) is 9.25. The van der Waals surface area contributed by atoms with Crippen LogP contribution in [0, 0.1) is 0 Å². The van der Waals surface area contributed by atoms with Crippen molar-refractivity contribution in [3.63, 3.8) is 0 Å². The summed E-state index contributed by atoms with van der Waals surface area (Å²) in [5, 5.41) is 2.71. The van der Waals surface area contributed by atoms with Crippen LogP contribution in [0.5, 0.6) is 0 Å². The number of hydrogen-bond donors (Lipinski definition) is 1. The molecule has 1 saturated heterocycles. The van der Waals surface area contributed by atoms with E-state index in [0.29, 0.717) is 24.5 Å². The zero-order valence-corrected chi connectivity index (χ0v) is 15.7. The topological polar surface area (TPSA) is 50.8 Å². The number of allylic oxidation sites excluding steroid dienone is 4. The monoisotopic (exact) mass is 368 g/mol. The van der Waals surface area contributed by atoms with Crippen LogP contribution in [-0.2, 0) is 9.47 Å². The molecule has 1 aliphatic carbocycles. The van der Waals surface area contributed by atoms with E-state index in [2.05, 4.69) is 10.2 Å². The molecule has 2 aliphatic rings. The van der Waals surface area contributed by atoms with E-state index in [-0.39, 0.29) is 0 Å². The van der Waals surface area contributed by atoms with E-state index in [0.717, 1.165) is 12.3 Å². The number of nitrogens with zero attached hydrogens (tertiary/aromatic N) is 1. The Balaban J connectivity index is 1.40. The second kappa shape index (κ2) is 10.6. The van der Waals surface area contributed by atoms with Crippen molar-refractivity contribution in [2.75, 3.05) is 31.6 Å². The molecule has 144 valence electrons. The summed E-state index contributed by atoms with van der Waals surface area (Å²) in [5.41, 5.74) is 0.705. The molecule has 1 amide bonds. The quantitative estimate of drug-likeness (QED) is 0.779. The van der Waals surface area contributed by atoms with Crippen molar-refractivity contribution in [1.29, 1.82) is 0 Å². The molecule has 0 aromatic heterocycles. The number of rotatable bonds is 6. The van der Waals surface area contributed by atoms with E-state index < -0.39 is 6.09 Å². The van der Waals surface area contributed by atoms with Gasteiger partial charge in [0.2, 0.25) is 0 Å². The lowest BCUT2D eigenvalue weighted by Gasteiger charge is -2.19. The average molecular weight is 368 g/mol. The summed E-state index contributed by atoms with van der Waals surface area (Å²) in [4.78, 5) is 14.5. The van der Waals surface area contributed by atoms with Crippen LogP contribution in [0.1, 0.15) is 32.1 Å². The van der Waals surface area contributed by atoms with Gasteiger partial charge >= 0.3 is 6.09 Å². The number of carbonyl (C=O) groups is 1. The minimum Gasteiger partial charge on any atom is -0.493 e. The lowest BCUT2D eigenvalue weighted by Crippen LogP contribution is -2.28. The van der Waals surface area contributed by atoms with E-state index in [9.17, 15) is 4.79 Å². The number of amides is 1. The first kappa shape index (κ1) is 19.2. The van der Waals surface area contributed by atoms with Gasteiger partial charge in [0, 0.05) is 12.2 Å². The number of para-hydroxylation sites is 1. The van der Waals surface area contributed by atoms with Crippen molar-refractivity contribution >= 4 is 11.8 Å². The highest BCUT2D eigenvalue weighted by Crippen LogP contribution is 2.15. The molecule has 0 bridgehead atoms. The molecule has 1 fully saturated rings. The molecular formula is C22H28N2O3. The van der Waals surface area contributed by atoms with Crippen LogP contribution in [0.25, 0.3) is 0 Å². The smallest absolute Gasteiger partial charge is 0.417 e. The largest absolute Gasteiger partial charge is 0.493 e. The predicted octanol–water partition coefficient (Wildman–Crippen LogP) is 4.86. The molecule has 27 heavy (non-hydrogen) atoms. The van der Waals surface area contributed by atoms with Crippen molar-refractivity contribution in [1.82, 2.24) is 4.90 Å². The van der Waals surface area contributed by atoms with Crippen LogP contribution >= 0.6 is 0 Å². The maximum atomic E-state index is 12.0. The molecule has 3 rings (SSSR count). The van der Waals surface area contributed by atoms with Gasteiger partial charge < -0.3 is 9.47 Å². The number of ether oxygens (including phenoxy) is 2. The Labute approximate surface area is 161 Å². The molecule has 0 radical (unpaired) electrons. The first-order valence-corrected chi connectivity index (χ1v) is 9.77. The van der Waals surface area contributed by atoms with E-state index in [1.165, 1.54) is 38.8 Å². The third-order valence-corrected chi connectivity index (χ3v) is 4.66. The molecule has 1 N–H and O–H groups in total. The van der Waals surface area contributed by atoms with Crippen LogP contribution < -0.4 is 5.32 Å². The fourth-order valence-electron chi connectivity index (χ4n) is 3.20. The van der Waals surface area contributed by atoms with E-state index >= 15 is 0 Å². The summed E-state index contributed by atoms with van der Waals surface area (Å²) < 4.78 is 11.3. The van der Waals surface area contributed by atoms with Gasteiger partial charge in [-0.15, -0.1) is 0 Å². The molecular weight excluding hydrogens is 340 g/mol. The standard InChI is InChI=1S/C22H28N2O3/c25-22(23-19-9-4-3-5-10-19)27-21-12-8-11-20(13-14-21)26-18-17-24-15-6-1-2-7-16-24/h3-5,9-14H,1-2,6-8,15-18H2,(H,23,25). The van der Waals surface area contributed by atoms with Crippen LogP contribution in [0.3, 0.4) is 0 Å². The average Bonchev–Trinajstić information content (AvgIpc) is 3.06. The van der Waals surface area contributed by atoms with Crippen molar-refractivity contribution in [3.05, 3.63) is 66.2 Å². The zero-order chi connectivity index (χ0) is 18.7. The third kappa shape index (κ3) is 6.94. The highest BCUT2D eigenvalue weighted by atomic mass is 16.6. The van der Waals surface area contributed by atoms with Gasteiger partial charge in [-0.1, -0.05) is 31.0 Å². The Kier molecular flexibility index (Phi) is 7.54. The Morgan fingerprint density at radius 2 is 1.67 bits per heavy atom. The van der Waals surface area contributed by atoms with Crippen molar-refractivity contribution in [2.45, 2.75) is 32.1 Å². The highest BCUT2D eigenvalue weighted by Gasteiger charge is 2.10. The van der Waals surface area contributed by atoms with Crippen molar-refractivity contribution < 1.29 is 14.3 Å². The summed E-state index contributed by atoms with van der Waals surface area (Å²) in [7, 11) is 0. The van der Waals surface area contributed by atoms with Crippen LogP contribution in [0.15, 0.2) is 66.2 Å². The maximum absolute atomic E-state index is 12.0. The van der Waals surface area contributed by atoms with Gasteiger partial charge in [0.15, 0.2) is 0 Å². The molecule has 1 aromatic rings. The van der Waals surface area contributed by atoms with Gasteiger partial charge in [-0.3, -0.25) is 10.2 Å². The predicted molar refractivity (Wildman–Crippen MR) is 107 cm³/mol. The summed E-state index contributed by atoms with van der Waals surface area (Å²) >= 11 is 0. The van der Waals surface area contributed by atoms with Gasteiger partial charge in [-0.05, 0) is 68.8 Å². The molecule has 0 atom stereocenters. The number of nitrogens with one attached hydrogen (secondary N) is 1. The molecule has 5 nitrogen and oxygen atoms in total. The Hall–Kier alpha value is -2.53. The second-order valence-corrected chi connectivity index (χ2v) is 6.77. The molecule has 1 aliphatic heterocycles. The van der Waals surface area contributed by atoms with Gasteiger partial charge in [0.25, 0.3) is 0 Å². The Morgan fingerprint density at radius 3 is 2.44 bits per heavy atom. The van der Waals surface area contributed by atoms with E-state index in [1.54, 1.807) is 6.08 Å². The van der Waals surface area contributed by atoms with Gasteiger partial charge in [0.05, 0.1) is 0 Å². The molecule has 5 heteroatoms. The number of likely N-dealkylation sites (tertiary alicyclic amines) is 1. The zero-order valence-electron chi connectivity index (χ0n) is 15.7. The fourth-order valence-corrected chi connectivity index (χ4v) is 3.20. The minimum absolute atomic E-state index is 0.498. The highest BCUT2D eigenvalue weighted by molar-refractivity contribution is 5.85. The van der Waals surface area contributed by atoms with Crippen LogP contribution in [0.4, 0.5) is 10.5 Å². The normalized spacial score (nSPS) is 17.9. The minimum atomic E-state index is -0.498. The molecule has 0 unspecified atom stereocenters. The molecule has 1 aromatic carbocycles. The van der Waals surface area contributed by atoms with Crippen molar-refractivity contribution in [2.24, 2.45) is 0 Å². The summed E-state index contributed by atoms with van der Waals surface area (Å²) in [6.45, 7) is 3.99. The van der Waals surface area contributed by atoms with Gasteiger partial charge in [-0.2, -0.15) is 0 Å². The lowest BCUT2D eigenvalue weighted by molar-refractivity contribution is 0.166. The Morgan fingerprint density at radius 1 is 0.963 bits per heavy atom. The number of anilines is 1. The van der Waals surface area contributed by atoms with Crippen LogP contribution in [0.2, 0.25) is 0 Å². The first-order chi connectivity index (χ1) is 13.3. The lowest BCUT2D eigenvalue weighted by atomic mass is 10.2. The Bertz CT molecular complexity index is 687. The van der Waals surface area contributed by atoms with Crippen molar-refractivity contribution in [3.8, 4) is 0 Å². The van der Waals surface area contributed by atoms with Gasteiger partial charge in [-0.25, -0.2) is 4.79 Å². The first-order valence-electron chi connectivity index (χ1n) is 9.77. The second-order valence-electron chi connectivity index (χ2n) is 6.77.